The number of carbonyl (C=O) groups excluding carboxylic acids is 1. The second-order valence-corrected chi connectivity index (χ2v) is 4.25. The fourth-order valence-electron chi connectivity index (χ4n) is 1.64. The quantitative estimate of drug-likeness (QED) is 0.748. The molecule has 16 heavy (non-hydrogen) atoms. The first-order chi connectivity index (χ1) is 7.83. The highest BCUT2D eigenvalue weighted by molar-refractivity contribution is 7.98. The van der Waals surface area contributed by atoms with Gasteiger partial charge in [-0.3, -0.25) is 4.79 Å². The normalized spacial score (nSPS) is 16.2. The molecular weight excluding hydrogens is 224 g/mol. The number of nitrogens with one attached hydrogen (secondary N) is 1. The highest BCUT2D eigenvalue weighted by Crippen LogP contribution is 2.16. The van der Waals surface area contributed by atoms with Gasteiger partial charge in [-0.15, -0.1) is 11.8 Å². The number of aromatic nitrogens is 2. The molecule has 5 nitrogen and oxygen atoms in total. The fraction of sp³-hybridized carbons (Fsp3) is 0.500. The predicted molar refractivity (Wildman–Crippen MR) is 62.6 cm³/mol. The van der Waals surface area contributed by atoms with Crippen LogP contribution in [-0.4, -0.2) is 53.2 Å². The van der Waals surface area contributed by atoms with Gasteiger partial charge in [0, 0.05) is 38.6 Å². The van der Waals surface area contributed by atoms with Crippen molar-refractivity contribution in [2.75, 3.05) is 32.4 Å². The topological polar surface area (TPSA) is 58.1 Å². The molecule has 86 valence electrons. The average Bonchev–Trinajstić information content (AvgIpc) is 2.39. The summed E-state index contributed by atoms with van der Waals surface area (Å²) in [5, 5.41) is 3.91. The van der Waals surface area contributed by atoms with Gasteiger partial charge in [0.05, 0.1) is 0 Å². The van der Waals surface area contributed by atoms with E-state index in [-0.39, 0.29) is 5.91 Å². The molecular formula is C10H14N4OS. The molecule has 2 rings (SSSR count). The van der Waals surface area contributed by atoms with Crippen molar-refractivity contribution in [2.45, 2.75) is 5.03 Å². The van der Waals surface area contributed by atoms with Crippen LogP contribution in [0.4, 0.5) is 0 Å². The van der Waals surface area contributed by atoms with E-state index in [2.05, 4.69) is 15.3 Å². The van der Waals surface area contributed by atoms with Crippen molar-refractivity contribution in [1.29, 1.82) is 0 Å². The molecule has 1 saturated heterocycles. The Kier molecular flexibility index (Phi) is 3.74. The Bertz CT molecular complexity index is 379. The van der Waals surface area contributed by atoms with Gasteiger partial charge in [0.15, 0.2) is 5.69 Å². The number of nitrogens with zero attached hydrogens (tertiary/aromatic N) is 3. The van der Waals surface area contributed by atoms with Crippen molar-refractivity contribution in [3.63, 3.8) is 0 Å². The van der Waals surface area contributed by atoms with Crippen LogP contribution in [0.15, 0.2) is 17.4 Å². The fourth-order valence-corrected chi connectivity index (χ4v) is 2.14. The van der Waals surface area contributed by atoms with E-state index in [4.69, 9.17) is 0 Å². The summed E-state index contributed by atoms with van der Waals surface area (Å²) in [7, 11) is 0. The van der Waals surface area contributed by atoms with Gasteiger partial charge < -0.3 is 10.2 Å². The van der Waals surface area contributed by atoms with Crippen molar-refractivity contribution in [2.24, 2.45) is 0 Å². The molecule has 0 aliphatic carbocycles. The van der Waals surface area contributed by atoms with E-state index in [9.17, 15) is 4.79 Å². The number of thioether (sulfide) groups is 1. The monoisotopic (exact) mass is 238 g/mol. The maximum absolute atomic E-state index is 12.2. The van der Waals surface area contributed by atoms with Gasteiger partial charge in [-0.05, 0) is 6.26 Å². The van der Waals surface area contributed by atoms with E-state index < -0.39 is 0 Å². The molecule has 2 heterocycles. The summed E-state index contributed by atoms with van der Waals surface area (Å²) >= 11 is 1.45. The molecule has 0 bridgehead atoms. The van der Waals surface area contributed by atoms with E-state index in [1.807, 2.05) is 11.2 Å². The molecule has 1 amide bonds. The Hall–Kier alpha value is -1.14. The Labute approximate surface area is 98.6 Å². The standard InChI is InChI=1S/C10H14N4OS/c1-16-9-8(12-2-3-13-9)10(15)14-6-4-11-5-7-14/h2-3,11H,4-7H2,1H3. The van der Waals surface area contributed by atoms with E-state index >= 15 is 0 Å². The third-order valence-electron chi connectivity index (χ3n) is 2.46. The molecule has 0 aromatic carbocycles. The molecule has 1 aliphatic heterocycles. The van der Waals surface area contributed by atoms with Crippen molar-refractivity contribution in [3.8, 4) is 0 Å². The third-order valence-corrected chi connectivity index (χ3v) is 3.15. The Morgan fingerprint density at radius 3 is 2.75 bits per heavy atom. The van der Waals surface area contributed by atoms with E-state index in [0.29, 0.717) is 10.7 Å². The number of hydrogen-bond acceptors (Lipinski definition) is 5. The van der Waals surface area contributed by atoms with Gasteiger partial charge in [-0.1, -0.05) is 0 Å². The molecule has 1 aliphatic rings. The highest BCUT2D eigenvalue weighted by Gasteiger charge is 2.21. The van der Waals surface area contributed by atoms with Crippen LogP contribution in [0.25, 0.3) is 0 Å². The van der Waals surface area contributed by atoms with Crippen LogP contribution in [0.3, 0.4) is 0 Å². The molecule has 1 N–H and O–H groups in total. The van der Waals surface area contributed by atoms with Crippen molar-refractivity contribution in [3.05, 3.63) is 18.1 Å². The lowest BCUT2D eigenvalue weighted by Crippen LogP contribution is -2.46. The largest absolute Gasteiger partial charge is 0.335 e. The zero-order chi connectivity index (χ0) is 11.4. The molecule has 0 radical (unpaired) electrons. The van der Waals surface area contributed by atoms with Crippen molar-refractivity contribution >= 4 is 17.7 Å². The second kappa shape index (κ2) is 5.27. The summed E-state index contributed by atoms with van der Waals surface area (Å²) in [6.45, 7) is 3.17. The lowest BCUT2D eigenvalue weighted by atomic mass is 10.3. The maximum Gasteiger partial charge on any atom is 0.275 e. The minimum atomic E-state index is -0.0149. The number of rotatable bonds is 2. The second-order valence-electron chi connectivity index (χ2n) is 3.46. The minimum Gasteiger partial charge on any atom is -0.335 e. The minimum absolute atomic E-state index is 0.0149. The molecule has 6 heteroatoms. The Balaban J connectivity index is 2.19. The average molecular weight is 238 g/mol. The summed E-state index contributed by atoms with van der Waals surface area (Å²) in [5.41, 5.74) is 0.469. The van der Waals surface area contributed by atoms with Crippen molar-refractivity contribution < 1.29 is 4.79 Å². The van der Waals surface area contributed by atoms with E-state index in [1.54, 1.807) is 12.4 Å². The molecule has 0 spiro atoms. The first-order valence-electron chi connectivity index (χ1n) is 5.18. The van der Waals surface area contributed by atoms with Crippen LogP contribution in [0, 0.1) is 0 Å². The van der Waals surface area contributed by atoms with Crippen LogP contribution < -0.4 is 5.32 Å². The lowest BCUT2D eigenvalue weighted by Gasteiger charge is -2.27. The highest BCUT2D eigenvalue weighted by atomic mass is 32.2. The van der Waals surface area contributed by atoms with Crippen molar-refractivity contribution in [1.82, 2.24) is 20.2 Å². The summed E-state index contributed by atoms with van der Waals surface area (Å²) in [4.78, 5) is 22.3. The first kappa shape index (κ1) is 11.3. The molecule has 1 aromatic heterocycles. The van der Waals surface area contributed by atoms with Gasteiger partial charge in [-0.25, -0.2) is 9.97 Å². The predicted octanol–water partition coefficient (Wildman–Crippen LogP) is 0.244. The number of carbonyl (C=O) groups is 1. The Morgan fingerprint density at radius 2 is 2.06 bits per heavy atom. The molecule has 0 unspecified atom stereocenters. The van der Waals surface area contributed by atoms with E-state index in [0.717, 1.165) is 26.2 Å². The smallest absolute Gasteiger partial charge is 0.275 e. The van der Waals surface area contributed by atoms with Gasteiger partial charge in [0.25, 0.3) is 5.91 Å². The summed E-state index contributed by atoms with van der Waals surface area (Å²) in [5.74, 6) is -0.0149. The van der Waals surface area contributed by atoms with Gasteiger partial charge in [0.1, 0.15) is 5.03 Å². The lowest BCUT2D eigenvalue weighted by molar-refractivity contribution is 0.0725. The summed E-state index contributed by atoms with van der Waals surface area (Å²) < 4.78 is 0. The number of hydrogen-bond donors (Lipinski definition) is 1. The molecule has 0 saturated carbocycles. The SMILES string of the molecule is CSc1nccnc1C(=O)N1CCNCC1. The van der Waals surface area contributed by atoms with Gasteiger partial charge >= 0.3 is 0 Å². The van der Waals surface area contributed by atoms with Gasteiger partial charge in [-0.2, -0.15) is 0 Å². The molecule has 1 aromatic rings. The zero-order valence-electron chi connectivity index (χ0n) is 9.14. The van der Waals surface area contributed by atoms with Crippen LogP contribution >= 0.6 is 11.8 Å². The third kappa shape index (κ3) is 2.33. The van der Waals surface area contributed by atoms with Crippen LogP contribution in [0.5, 0.6) is 0 Å². The first-order valence-corrected chi connectivity index (χ1v) is 6.40. The van der Waals surface area contributed by atoms with Crippen LogP contribution in [-0.2, 0) is 0 Å². The Morgan fingerprint density at radius 1 is 1.38 bits per heavy atom. The van der Waals surface area contributed by atoms with Gasteiger partial charge in [0.2, 0.25) is 0 Å². The van der Waals surface area contributed by atoms with Crippen LogP contribution in [0.1, 0.15) is 10.5 Å². The maximum atomic E-state index is 12.2. The van der Waals surface area contributed by atoms with Crippen LogP contribution in [0.2, 0.25) is 0 Å². The molecule has 0 atom stereocenters. The van der Waals surface area contributed by atoms with E-state index in [1.165, 1.54) is 11.8 Å². The summed E-state index contributed by atoms with van der Waals surface area (Å²) in [6, 6.07) is 0. The summed E-state index contributed by atoms with van der Waals surface area (Å²) in [6.07, 6.45) is 5.08. The molecule has 1 fully saturated rings. The zero-order valence-corrected chi connectivity index (χ0v) is 9.96. The number of amides is 1. The number of piperazine rings is 1.